The van der Waals surface area contributed by atoms with Crippen molar-refractivity contribution in [2.24, 2.45) is 0 Å². The number of ether oxygens (including phenoxy) is 1. The van der Waals surface area contributed by atoms with Crippen LogP contribution in [-0.4, -0.2) is 37.9 Å². The quantitative estimate of drug-likeness (QED) is 0.842. The molecular weight excluding hydrogens is 285 g/mol. The Morgan fingerprint density at radius 3 is 2.73 bits per heavy atom. The third-order valence-electron chi connectivity index (χ3n) is 3.32. The molecule has 5 nitrogen and oxygen atoms in total. The number of hydrogen-bond acceptors (Lipinski definition) is 3. The fourth-order valence-electron chi connectivity index (χ4n) is 2.52. The second kappa shape index (κ2) is 7.14. The van der Waals surface area contributed by atoms with Gasteiger partial charge in [0.1, 0.15) is 5.82 Å². The summed E-state index contributed by atoms with van der Waals surface area (Å²) in [6.45, 7) is 5.32. The minimum Gasteiger partial charge on any atom is -0.372 e. The first-order chi connectivity index (χ1) is 10.5. The topological polar surface area (TPSA) is 53.6 Å². The van der Waals surface area contributed by atoms with Crippen molar-refractivity contribution in [1.29, 1.82) is 0 Å². The first-order valence-corrected chi connectivity index (χ1v) is 7.18. The number of urea groups is 1. The lowest BCUT2D eigenvalue weighted by Gasteiger charge is -2.37. The number of amides is 2. The van der Waals surface area contributed by atoms with Crippen LogP contribution in [-0.2, 0) is 4.74 Å². The van der Waals surface area contributed by atoms with Gasteiger partial charge < -0.3 is 20.3 Å². The van der Waals surface area contributed by atoms with Crippen LogP contribution in [0.1, 0.15) is 13.8 Å². The molecule has 118 valence electrons. The molecule has 1 aromatic carbocycles. The van der Waals surface area contributed by atoms with Crippen LogP contribution in [0.5, 0.6) is 0 Å². The standard InChI is InChI=1S/C16H20FN3O2/c1-4-7-18-16(21)19-13-5-6-15(14(17)8-13)20-9-11(2)22-12(3)10-20/h1,5-6,8,11-12H,7,9-10H2,2-3H3,(H2,18,19,21)/t11-,12-/m1/s1. The second-order valence-corrected chi connectivity index (χ2v) is 5.34. The number of morpholine rings is 1. The number of terminal acetylenes is 1. The Labute approximate surface area is 129 Å². The molecule has 0 bridgehead atoms. The molecule has 1 aromatic rings. The van der Waals surface area contributed by atoms with E-state index >= 15 is 0 Å². The third kappa shape index (κ3) is 4.12. The zero-order chi connectivity index (χ0) is 16.1. The molecule has 0 radical (unpaired) electrons. The number of benzene rings is 1. The maximum absolute atomic E-state index is 14.3. The van der Waals surface area contributed by atoms with E-state index in [2.05, 4.69) is 16.6 Å². The Kier molecular flexibility index (Phi) is 5.23. The van der Waals surface area contributed by atoms with Gasteiger partial charge in [0.15, 0.2) is 0 Å². The first kappa shape index (κ1) is 16.1. The van der Waals surface area contributed by atoms with Crippen LogP contribution in [0.25, 0.3) is 0 Å². The van der Waals surface area contributed by atoms with Crippen LogP contribution in [0.15, 0.2) is 18.2 Å². The molecule has 2 N–H and O–H groups in total. The predicted molar refractivity (Wildman–Crippen MR) is 84.5 cm³/mol. The van der Waals surface area contributed by atoms with E-state index in [0.29, 0.717) is 24.5 Å². The van der Waals surface area contributed by atoms with Gasteiger partial charge in [0.2, 0.25) is 0 Å². The molecule has 2 amide bonds. The van der Waals surface area contributed by atoms with Gasteiger partial charge in [-0.3, -0.25) is 0 Å². The molecule has 1 aliphatic heterocycles. The molecule has 0 aliphatic carbocycles. The van der Waals surface area contributed by atoms with Crippen LogP contribution in [0.2, 0.25) is 0 Å². The van der Waals surface area contributed by atoms with E-state index in [-0.39, 0.29) is 24.6 Å². The van der Waals surface area contributed by atoms with Crippen LogP contribution < -0.4 is 15.5 Å². The number of anilines is 2. The summed E-state index contributed by atoms with van der Waals surface area (Å²) >= 11 is 0. The molecule has 2 atom stereocenters. The lowest BCUT2D eigenvalue weighted by atomic mass is 10.2. The Hall–Kier alpha value is -2.26. The van der Waals surface area contributed by atoms with Gasteiger partial charge in [-0.25, -0.2) is 9.18 Å². The Morgan fingerprint density at radius 2 is 2.14 bits per heavy atom. The molecule has 1 heterocycles. The molecule has 1 fully saturated rings. The van der Waals surface area contributed by atoms with Crippen molar-refractivity contribution in [3.05, 3.63) is 24.0 Å². The van der Waals surface area contributed by atoms with Crippen molar-refractivity contribution in [2.45, 2.75) is 26.1 Å². The summed E-state index contributed by atoms with van der Waals surface area (Å²) in [6.07, 6.45) is 5.15. The average Bonchev–Trinajstić information content (AvgIpc) is 2.44. The highest BCUT2D eigenvalue weighted by molar-refractivity contribution is 5.89. The van der Waals surface area contributed by atoms with Crippen LogP contribution in [0.4, 0.5) is 20.6 Å². The third-order valence-corrected chi connectivity index (χ3v) is 3.32. The maximum Gasteiger partial charge on any atom is 0.319 e. The van der Waals surface area contributed by atoms with Gasteiger partial charge in [0.25, 0.3) is 0 Å². The van der Waals surface area contributed by atoms with Gasteiger partial charge in [0, 0.05) is 18.8 Å². The summed E-state index contributed by atoms with van der Waals surface area (Å²) in [7, 11) is 0. The van der Waals surface area contributed by atoms with E-state index in [1.165, 1.54) is 6.07 Å². The molecule has 2 rings (SSSR count). The van der Waals surface area contributed by atoms with Crippen LogP contribution in [0.3, 0.4) is 0 Å². The van der Waals surface area contributed by atoms with Crippen molar-refractivity contribution in [2.75, 3.05) is 29.9 Å². The number of nitrogens with zero attached hydrogens (tertiary/aromatic N) is 1. The maximum atomic E-state index is 14.3. The summed E-state index contributed by atoms with van der Waals surface area (Å²) in [5, 5.41) is 4.99. The normalized spacial score (nSPS) is 21.1. The number of carbonyl (C=O) groups is 1. The molecule has 1 aliphatic rings. The molecular formula is C16H20FN3O2. The second-order valence-electron chi connectivity index (χ2n) is 5.34. The van der Waals surface area contributed by atoms with Gasteiger partial charge in [-0.15, -0.1) is 6.42 Å². The predicted octanol–water partition coefficient (Wildman–Crippen LogP) is 2.19. The average molecular weight is 305 g/mol. The fourth-order valence-corrected chi connectivity index (χ4v) is 2.52. The molecule has 0 unspecified atom stereocenters. The van der Waals surface area contributed by atoms with Crippen LogP contribution >= 0.6 is 0 Å². The molecule has 22 heavy (non-hydrogen) atoms. The van der Waals surface area contributed by atoms with E-state index in [9.17, 15) is 9.18 Å². The molecule has 6 heteroatoms. The summed E-state index contributed by atoms with van der Waals surface area (Å²) < 4.78 is 20.0. The zero-order valence-electron chi connectivity index (χ0n) is 12.7. The Bertz CT molecular complexity index is 575. The number of carbonyl (C=O) groups excluding carboxylic acids is 1. The van der Waals surface area contributed by atoms with Gasteiger partial charge >= 0.3 is 6.03 Å². The van der Waals surface area contributed by atoms with E-state index < -0.39 is 6.03 Å². The molecule has 0 aromatic heterocycles. The lowest BCUT2D eigenvalue weighted by molar-refractivity contribution is -0.00539. The zero-order valence-corrected chi connectivity index (χ0v) is 12.7. The monoisotopic (exact) mass is 305 g/mol. The highest BCUT2D eigenvalue weighted by atomic mass is 19.1. The molecule has 1 saturated heterocycles. The van der Waals surface area contributed by atoms with E-state index in [4.69, 9.17) is 11.2 Å². The fraction of sp³-hybridized carbons (Fsp3) is 0.438. The van der Waals surface area contributed by atoms with Gasteiger partial charge in [-0.1, -0.05) is 5.92 Å². The van der Waals surface area contributed by atoms with Crippen molar-refractivity contribution in [3.63, 3.8) is 0 Å². The number of halogens is 1. The largest absolute Gasteiger partial charge is 0.372 e. The minimum atomic E-state index is -0.460. The Morgan fingerprint density at radius 1 is 1.45 bits per heavy atom. The van der Waals surface area contributed by atoms with E-state index in [0.717, 1.165) is 0 Å². The minimum absolute atomic E-state index is 0.0514. The Balaban J connectivity index is 2.06. The molecule has 0 saturated carbocycles. The van der Waals surface area contributed by atoms with Gasteiger partial charge in [-0.05, 0) is 32.0 Å². The van der Waals surface area contributed by atoms with Crippen molar-refractivity contribution < 1.29 is 13.9 Å². The summed E-state index contributed by atoms with van der Waals surface area (Å²) in [5.41, 5.74) is 0.890. The smallest absolute Gasteiger partial charge is 0.319 e. The highest BCUT2D eigenvalue weighted by Crippen LogP contribution is 2.26. The molecule has 0 spiro atoms. The summed E-state index contributed by atoms with van der Waals surface area (Å²) in [6, 6.07) is 4.17. The van der Waals surface area contributed by atoms with Gasteiger partial charge in [0.05, 0.1) is 24.4 Å². The summed E-state index contributed by atoms with van der Waals surface area (Å²) in [5.74, 6) is 1.91. The van der Waals surface area contributed by atoms with E-state index in [1.807, 2.05) is 18.7 Å². The van der Waals surface area contributed by atoms with Crippen molar-refractivity contribution >= 4 is 17.4 Å². The first-order valence-electron chi connectivity index (χ1n) is 7.18. The van der Waals surface area contributed by atoms with Crippen molar-refractivity contribution in [3.8, 4) is 12.3 Å². The lowest BCUT2D eigenvalue weighted by Crippen LogP contribution is -2.45. The van der Waals surface area contributed by atoms with Gasteiger partial charge in [-0.2, -0.15) is 0 Å². The highest BCUT2D eigenvalue weighted by Gasteiger charge is 2.24. The summed E-state index contributed by atoms with van der Waals surface area (Å²) in [4.78, 5) is 13.4. The number of rotatable bonds is 3. The number of nitrogens with one attached hydrogen (secondary N) is 2. The number of hydrogen-bond donors (Lipinski definition) is 2. The van der Waals surface area contributed by atoms with E-state index in [1.54, 1.807) is 12.1 Å². The van der Waals surface area contributed by atoms with Crippen molar-refractivity contribution in [1.82, 2.24) is 5.32 Å². The SMILES string of the molecule is C#CCNC(=O)Nc1ccc(N2C[C@@H](C)O[C@H](C)C2)c(F)c1. The van der Waals surface area contributed by atoms with Crippen LogP contribution in [0, 0.1) is 18.2 Å².